The van der Waals surface area contributed by atoms with E-state index >= 15 is 0 Å². The molecule has 0 aromatic carbocycles. The summed E-state index contributed by atoms with van der Waals surface area (Å²) in [5.74, 6) is 1.38. The number of rotatable bonds is 0. The Bertz CT molecular complexity index is 610. The van der Waals surface area contributed by atoms with E-state index in [0.717, 1.165) is 6.42 Å². The van der Waals surface area contributed by atoms with E-state index in [1.54, 1.807) is 22.3 Å². The minimum atomic E-state index is 0.683. The van der Waals surface area contributed by atoms with Crippen LogP contribution in [0.3, 0.4) is 0 Å². The van der Waals surface area contributed by atoms with E-state index in [1.807, 2.05) is 0 Å². The molecule has 0 N–H and O–H groups in total. The zero-order chi connectivity index (χ0) is 13.9. The topological polar surface area (TPSA) is 0 Å². The second-order valence-electron chi connectivity index (χ2n) is 6.53. The maximum Gasteiger partial charge on any atom is 0.0132 e. The third kappa shape index (κ3) is 1.52. The van der Waals surface area contributed by atoms with Crippen LogP contribution in [-0.2, 0) is 0 Å². The lowest BCUT2D eigenvalue weighted by Gasteiger charge is -2.47. The Morgan fingerprint density at radius 1 is 1.11 bits per heavy atom. The van der Waals surface area contributed by atoms with Crippen molar-refractivity contribution in [2.24, 2.45) is 11.8 Å². The van der Waals surface area contributed by atoms with Crippen molar-refractivity contribution in [2.45, 2.75) is 48.0 Å². The molecule has 0 aromatic heterocycles. The highest BCUT2D eigenvalue weighted by Gasteiger charge is 2.44. The minimum absolute atomic E-state index is 0.683. The van der Waals surface area contributed by atoms with E-state index in [2.05, 4.69) is 53.7 Å². The molecular weight excluding hydrogens is 228 g/mol. The molecule has 0 heteroatoms. The van der Waals surface area contributed by atoms with Crippen LogP contribution in [0.2, 0.25) is 0 Å². The Morgan fingerprint density at radius 3 is 2.42 bits per heavy atom. The molecule has 0 radical (unpaired) electrons. The smallest absolute Gasteiger partial charge is 0.0132 e. The fraction of sp³-hybridized carbons (Fsp3) is 0.474. The summed E-state index contributed by atoms with van der Waals surface area (Å²) in [6, 6.07) is 0. The molecule has 0 aliphatic heterocycles. The summed E-state index contributed by atoms with van der Waals surface area (Å²) in [6.45, 7) is 13.8. The average Bonchev–Trinajstić information content (AvgIpc) is 2.36. The first-order valence-corrected chi connectivity index (χ1v) is 7.41. The Balaban J connectivity index is 2.22. The van der Waals surface area contributed by atoms with Crippen molar-refractivity contribution in [2.75, 3.05) is 0 Å². The van der Waals surface area contributed by atoms with Crippen molar-refractivity contribution in [1.82, 2.24) is 0 Å². The summed E-state index contributed by atoms with van der Waals surface area (Å²) in [6.07, 6.45) is 5.83. The van der Waals surface area contributed by atoms with Gasteiger partial charge in [-0.3, -0.25) is 0 Å². The van der Waals surface area contributed by atoms with E-state index < -0.39 is 0 Å². The van der Waals surface area contributed by atoms with Gasteiger partial charge in [-0.1, -0.05) is 35.8 Å². The molecule has 2 atom stereocenters. The Hall–Kier alpha value is -1.30. The number of allylic oxidation sites excluding steroid dienone is 10. The molecule has 0 fully saturated rings. The van der Waals surface area contributed by atoms with Crippen LogP contribution in [0.1, 0.15) is 48.0 Å². The van der Waals surface area contributed by atoms with Gasteiger partial charge in [0.05, 0.1) is 0 Å². The van der Waals surface area contributed by atoms with Gasteiger partial charge in [0.25, 0.3) is 0 Å². The first kappa shape index (κ1) is 12.7. The van der Waals surface area contributed by atoms with Gasteiger partial charge >= 0.3 is 0 Å². The molecule has 0 aromatic rings. The fourth-order valence-electron chi connectivity index (χ4n) is 3.99. The van der Waals surface area contributed by atoms with Crippen LogP contribution in [0.5, 0.6) is 0 Å². The van der Waals surface area contributed by atoms with Crippen molar-refractivity contribution in [3.63, 3.8) is 0 Å². The normalized spacial score (nSPS) is 29.5. The van der Waals surface area contributed by atoms with E-state index in [4.69, 9.17) is 0 Å². The Labute approximate surface area is 117 Å². The van der Waals surface area contributed by atoms with Gasteiger partial charge in [-0.15, -0.1) is 0 Å². The van der Waals surface area contributed by atoms with Gasteiger partial charge in [-0.2, -0.15) is 0 Å². The molecule has 3 aliphatic rings. The first-order valence-electron chi connectivity index (χ1n) is 7.41. The van der Waals surface area contributed by atoms with E-state index in [1.165, 1.54) is 22.3 Å². The van der Waals surface area contributed by atoms with Gasteiger partial charge in [0.2, 0.25) is 0 Å². The monoisotopic (exact) mass is 252 g/mol. The zero-order valence-electron chi connectivity index (χ0n) is 13.0. The predicted molar refractivity (Wildman–Crippen MR) is 82.9 cm³/mol. The van der Waals surface area contributed by atoms with Crippen LogP contribution in [0.15, 0.2) is 56.7 Å². The van der Waals surface area contributed by atoms with Crippen LogP contribution < -0.4 is 0 Å². The van der Waals surface area contributed by atoms with Crippen LogP contribution >= 0.6 is 0 Å². The van der Waals surface area contributed by atoms with Crippen molar-refractivity contribution < 1.29 is 0 Å². The van der Waals surface area contributed by atoms with Gasteiger partial charge in [0.15, 0.2) is 0 Å². The van der Waals surface area contributed by atoms with Crippen molar-refractivity contribution >= 4 is 0 Å². The summed E-state index contributed by atoms with van der Waals surface area (Å²) in [7, 11) is 0. The van der Waals surface area contributed by atoms with Crippen molar-refractivity contribution in [3.05, 3.63) is 56.7 Å². The molecule has 3 rings (SSSR count). The van der Waals surface area contributed by atoms with Crippen LogP contribution in [-0.4, -0.2) is 0 Å². The standard InChI is InChI=1S/C19H24/c1-10(2)15-8-7-9-16-17-13(5)11(3)12(4)14(6)18(17)19(15)16/h7-8,13,17H,9H2,1-6H3. The largest absolute Gasteiger partial charge is 0.0798 e. The van der Waals surface area contributed by atoms with Crippen molar-refractivity contribution in [1.29, 1.82) is 0 Å². The molecule has 0 spiro atoms. The Kier molecular flexibility index (Phi) is 2.74. The molecule has 0 nitrogen and oxygen atoms in total. The molecule has 2 unspecified atom stereocenters. The molecule has 100 valence electrons. The van der Waals surface area contributed by atoms with Gasteiger partial charge in [-0.25, -0.2) is 0 Å². The zero-order valence-corrected chi connectivity index (χ0v) is 13.0. The number of hydrogen-bond acceptors (Lipinski definition) is 0. The van der Waals surface area contributed by atoms with E-state index in [0.29, 0.717) is 11.8 Å². The number of fused-ring (bicyclic) bond motifs is 3. The first-order chi connectivity index (χ1) is 8.95. The molecule has 19 heavy (non-hydrogen) atoms. The van der Waals surface area contributed by atoms with E-state index in [-0.39, 0.29) is 0 Å². The summed E-state index contributed by atoms with van der Waals surface area (Å²) >= 11 is 0. The van der Waals surface area contributed by atoms with Gasteiger partial charge in [0, 0.05) is 5.92 Å². The summed E-state index contributed by atoms with van der Waals surface area (Å²) in [5, 5.41) is 0. The van der Waals surface area contributed by atoms with Crippen molar-refractivity contribution in [3.8, 4) is 0 Å². The average molecular weight is 252 g/mol. The van der Waals surface area contributed by atoms with Gasteiger partial charge < -0.3 is 0 Å². The van der Waals surface area contributed by atoms with Crippen LogP contribution in [0, 0.1) is 11.8 Å². The maximum atomic E-state index is 2.40. The van der Waals surface area contributed by atoms with Crippen LogP contribution in [0.25, 0.3) is 0 Å². The molecule has 0 saturated heterocycles. The highest BCUT2D eigenvalue weighted by Crippen LogP contribution is 2.57. The molecule has 0 saturated carbocycles. The minimum Gasteiger partial charge on any atom is -0.0798 e. The fourth-order valence-corrected chi connectivity index (χ4v) is 3.99. The summed E-state index contributed by atoms with van der Waals surface area (Å²) in [5.41, 5.74) is 12.5. The third-order valence-corrected chi connectivity index (χ3v) is 5.45. The van der Waals surface area contributed by atoms with Crippen LogP contribution in [0.4, 0.5) is 0 Å². The molecule has 0 heterocycles. The second-order valence-corrected chi connectivity index (χ2v) is 6.53. The number of hydrogen-bond donors (Lipinski definition) is 0. The summed E-state index contributed by atoms with van der Waals surface area (Å²) < 4.78 is 0. The molecule has 0 amide bonds. The highest BCUT2D eigenvalue weighted by molar-refractivity contribution is 5.72. The van der Waals surface area contributed by atoms with E-state index in [9.17, 15) is 0 Å². The maximum absolute atomic E-state index is 2.40. The molecule has 0 bridgehead atoms. The third-order valence-electron chi connectivity index (χ3n) is 5.45. The predicted octanol–water partition coefficient (Wildman–Crippen LogP) is 5.51. The lowest BCUT2D eigenvalue weighted by molar-refractivity contribution is 0.470. The van der Waals surface area contributed by atoms with Gasteiger partial charge in [-0.05, 0) is 74.8 Å². The lowest BCUT2D eigenvalue weighted by Crippen LogP contribution is -2.34. The summed E-state index contributed by atoms with van der Waals surface area (Å²) in [4.78, 5) is 0. The molecular formula is C19H24. The molecule has 3 aliphatic carbocycles. The quantitative estimate of drug-likeness (QED) is 0.533. The second kappa shape index (κ2) is 4.10. The SMILES string of the molecule is CC(C)=C1C=CCC2=C1C1=C(C)C(C)=C(C)C(C)C21. The van der Waals surface area contributed by atoms with Gasteiger partial charge in [0.1, 0.15) is 0 Å². The lowest BCUT2D eigenvalue weighted by atomic mass is 9.56. The highest BCUT2D eigenvalue weighted by atomic mass is 14.5. The Morgan fingerprint density at radius 2 is 1.79 bits per heavy atom.